The summed E-state index contributed by atoms with van der Waals surface area (Å²) in [4.78, 5) is 125. The highest BCUT2D eigenvalue weighted by atomic mass is 32.2. The first-order chi connectivity index (χ1) is 28.3. The Morgan fingerprint density at radius 2 is 1.63 bits per heavy atom. The van der Waals surface area contributed by atoms with Crippen LogP contribution in [0.4, 0.5) is 0 Å². The molecule has 1 fully saturated rings. The van der Waals surface area contributed by atoms with Crippen LogP contribution in [0.2, 0.25) is 0 Å². The van der Waals surface area contributed by atoms with Crippen molar-refractivity contribution < 1.29 is 57.5 Å². The minimum Gasteiger partial charge on any atom is -0.394 e. The number of imidazole rings is 1. The van der Waals surface area contributed by atoms with E-state index in [4.69, 9.17) is 5.73 Å². The highest BCUT2D eigenvalue weighted by molar-refractivity contribution is 8.00. The molecule has 3 aromatic rings. The number of nitrogens with one attached hydrogen (secondary N) is 7. The van der Waals surface area contributed by atoms with E-state index in [9.17, 15) is 53.0 Å². The number of thioether (sulfide) groups is 1. The van der Waals surface area contributed by atoms with Crippen LogP contribution in [0.5, 0.6) is 0 Å². The third-order valence-corrected chi connectivity index (χ3v) is 10.9. The Hall–Kier alpha value is -5.32. The van der Waals surface area contributed by atoms with Crippen LogP contribution in [0.25, 0.3) is 10.9 Å². The van der Waals surface area contributed by atoms with Gasteiger partial charge in [-0.2, -0.15) is 0 Å². The van der Waals surface area contributed by atoms with Crippen molar-refractivity contribution in [3.63, 3.8) is 0 Å². The van der Waals surface area contributed by atoms with E-state index in [-0.39, 0.29) is 36.8 Å². The SMILES string of the molecule is CC(C)C[C@@H]1NC(=O)CN(CCc2c[nH]c3ccccc23)C(=O)CSC[C@H](C(N)=O)NC(=O)[C@H]([C@@H](C)OP(=O)(O)O)NC(=O)[C@H](CO)NC(=O)[C@H](Cc2cnc[nH]2)NC1=O. The number of amides is 7. The lowest BCUT2D eigenvalue weighted by molar-refractivity contribution is -0.137. The number of carbonyl (C=O) groups excluding carboxylic acids is 7. The first kappa shape index (κ1) is 47.4. The smallest absolute Gasteiger partial charge is 0.394 e. The van der Waals surface area contributed by atoms with Gasteiger partial charge in [-0.1, -0.05) is 32.0 Å². The average molecular weight is 879 g/mol. The predicted octanol–water partition coefficient (Wildman–Crippen LogP) is -2.30. The van der Waals surface area contributed by atoms with E-state index in [1.54, 1.807) is 6.20 Å². The van der Waals surface area contributed by atoms with Gasteiger partial charge in [0.1, 0.15) is 30.2 Å². The predicted molar refractivity (Wildman–Crippen MR) is 216 cm³/mol. The van der Waals surface area contributed by atoms with Crippen LogP contribution < -0.4 is 32.3 Å². The summed E-state index contributed by atoms with van der Waals surface area (Å²) in [6, 6.07) is -0.384. The molecule has 0 spiro atoms. The molecule has 2 aromatic heterocycles. The zero-order chi connectivity index (χ0) is 44.1. The molecule has 6 atom stereocenters. The average Bonchev–Trinajstić information content (AvgIpc) is 3.85. The molecule has 328 valence electrons. The van der Waals surface area contributed by atoms with Crippen LogP contribution in [0.15, 0.2) is 43.0 Å². The molecule has 1 aromatic carbocycles. The van der Waals surface area contributed by atoms with Gasteiger partial charge in [-0.3, -0.25) is 38.1 Å². The molecule has 1 saturated heterocycles. The van der Waals surface area contributed by atoms with E-state index in [1.165, 1.54) is 17.4 Å². The number of carbonyl (C=O) groups is 7. The molecule has 0 radical (unpaired) electrons. The highest BCUT2D eigenvalue weighted by Crippen LogP contribution is 2.38. The van der Waals surface area contributed by atoms with E-state index in [0.717, 1.165) is 35.2 Å². The fourth-order valence-corrected chi connectivity index (χ4v) is 7.82. The number of aliphatic hydroxyl groups is 1. The lowest BCUT2D eigenvalue weighted by Crippen LogP contribution is -2.62. The number of hydrogen-bond donors (Lipinski definition) is 11. The number of fused-ring (bicyclic) bond motifs is 1. The van der Waals surface area contributed by atoms with Gasteiger partial charge in [0.05, 0.1) is 31.3 Å². The lowest BCUT2D eigenvalue weighted by Gasteiger charge is -2.28. The molecule has 1 aliphatic heterocycles. The molecule has 0 aliphatic carbocycles. The summed E-state index contributed by atoms with van der Waals surface area (Å²) in [5, 5.41) is 23.2. The molecule has 22 nitrogen and oxygen atoms in total. The van der Waals surface area contributed by atoms with Gasteiger partial charge < -0.3 is 62.1 Å². The molecular weight excluding hydrogens is 827 g/mol. The molecule has 0 bridgehead atoms. The molecule has 60 heavy (non-hydrogen) atoms. The van der Waals surface area contributed by atoms with Crippen LogP contribution in [0.3, 0.4) is 0 Å². The summed E-state index contributed by atoms with van der Waals surface area (Å²) < 4.78 is 16.4. The van der Waals surface area contributed by atoms with Gasteiger partial charge >= 0.3 is 7.82 Å². The quantitative estimate of drug-likeness (QED) is 0.0853. The summed E-state index contributed by atoms with van der Waals surface area (Å²) in [5.41, 5.74) is 7.68. The second kappa shape index (κ2) is 21.8. The van der Waals surface area contributed by atoms with Crippen LogP contribution in [-0.4, -0.2) is 144 Å². The molecule has 12 N–H and O–H groups in total. The van der Waals surface area contributed by atoms with Gasteiger partial charge in [0.25, 0.3) is 0 Å². The van der Waals surface area contributed by atoms with Gasteiger partial charge in [0.2, 0.25) is 41.4 Å². The highest BCUT2D eigenvalue weighted by Gasteiger charge is 2.37. The molecule has 0 unspecified atom stereocenters. The van der Waals surface area contributed by atoms with E-state index in [0.29, 0.717) is 12.1 Å². The van der Waals surface area contributed by atoms with E-state index in [1.807, 2.05) is 38.1 Å². The maximum absolute atomic E-state index is 13.9. The third-order valence-electron chi connectivity index (χ3n) is 9.32. The number of aliphatic hydroxyl groups excluding tert-OH is 1. The number of para-hydroxylation sites is 1. The second-order valence-corrected chi connectivity index (χ2v) is 16.7. The van der Waals surface area contributed by atoms with Crippen LogP contribution in [0.1, 0.15) is 38.4 Å². The maximum atomic E-state index is 13.9. The molecule has 3 heterocycles. The van der Waals surface area contributed by atoms with Crippen molar-refractivity contribution in [2.24, 2.45) is 11.7 Å². The Labute approximate surface area is 348 Å². The van der Waals surface area contributed by atoms with Crippen LogP contribution in [-0.2, 0) is 55.5 Å². The molecule has 4 rings (SSSR count). The standard InChI is InChI=1S/C36H51N10O12PS/c1-19(2)10-25-33(51)42-26(11-22-13-38-18-40-22)34(52)43-27(15-47)35(53)45-31(20(3)58-59(55,56)57)36(54)44-28(32(37)50)16-60-17-30(49)46(14-29(48)41-25)9-8-21-12-39-24-7-5-4-6-23(21)24/h4-7,12-13,18-20,25-28,31,39,47H,8-11,14-17H2,1-3H3,(H2,37,50)(H,38,40)(H,41,48)(H,42,51)(H,43,52)(H,44,54)(H,45,53)(H2,55,56,57)/t20-,25+,26+,27+,28-,31+/m1/s1. The fourth-order valence-electron chi connectivity index (χ4n) is 6.31. The largest absolute Gasteiger partial charge is 0.469 e. The van der Waals surface area contributed by atoms with Crippen molar-refractivity contribution in [3.05, 3.63) is 54.2 Å². The molecule has 7 amide bonds. The lowest BCUT2D eigenvalue weighted by atomic mass is 10.0. The number of benzene rings is 1. The molecule has 1 aliphatic rings. The fraction of sp³-hybridized carbons (Fsp3) is 0.500. The number of rotatable bonds is 12. The van der Waals surface area contributed by atoms with Crippen LogP contribution >= 0.6 is 19.6 Å². The van der Waals surface area contributed by atoms with E-state index >= 15 is 0 Å². The Morgan fingerprint density at radius 3 is 2.28 bits per heavy atom. The zero-order valence-electron chi connectivity index (χ0n) is 33.1. The van der Waals surface area contributed by atoms with E-state index < -0.39 is 98.6 Å². The van der Waals surface area contributed by atoms with Crippen molar-refractivity contribution in [2.45, 2.75) is 76.3 Å². The number of aromatic nitrogens is 3. The van der Waals surface area contributed by atoms with Crippen molar-refractivity contribution in [1.82, 2.24) is 46.4 Å². The Bertz CT molecular complexity index is 2040. The maximum Gasteiger partial charge on any atom is 0.469 e. The van der Waals surface area contributed by atoms with Crippen LogP contribution in [0, 0.1) is 5.92 Å². The Balaban J connectivity index is 1.71. The number of nitrogens with zero attached hydrogens (tertiary/aromatic N) is 2. The van der Waals surface area contributed by atoms with Gasteiger partial charge in [-0.25, -0.2) is 9.55 Å². The first-order valence-electron chi connectivity index (χ1n) is 18.9. The van der Waals surface area contributed by atoms with Gasteiger partial charge in [0.15, 0.2) is 0 Å². The number of nitrogens with two attached hydrogens (primary N) is 1. The molecule has 24 heteroatoms. The summed E-state index contributed by atoms with van der Waals surface area (Å²) in [7, 11) is -5.28. The zero-order valence-corrected chi connectivity index (χ0v) is 34.8. The molecule has 0 saturated carbocycles. The number of aromatic amines is 2. The monoisotopic (exact) mass is 878 g/mol. The minimum absolute atomic E-state index is 0.0585. The van der Waals surface area contributed by atoms with Gasteiger partial charge in [-0.15, -0.1) is 11.8 Å². The summed E-state index contributed by atoms with van der Waals surface area (Å²) >= 11 is 0.879. The van der Waals surface area contributed by atoms with E-state index in [2.05, 4.69) is 46.1 Å². The summed E-state index contributed by atoms with van der Waals surface area (Å²) in [5.74, 6) is -7.25. The van der Waals surface area contributed by atoms with Crippen molar-refractivity contribution >= 4 is 71.8 Å². The summed E-state index contributed by atoms with van der Waals surface area (Å²) in [6.07, 6.45) is 2.97. The minimum atomic E-state index is -5.28. The number of primary amides is 1. The molecular formula is C36H51N10O12PS. The third kappa shape index (κ3) is 14.2. The summed E-state index contributed by atoms with van der Waals surface area (Å²) in [6.45, 7) is 3.18. The first-order valence-corrected chi connectivity index (χ1v) is 21.6. The topological polar surface area (TPSA) is 340 Å². The van der Waals surface area contributed by atoms with Crippen molar-refractivity contribution in [2.75, 3.05) is 31.2 Å². The van der Waals surface area contributed by atoms with Crippen molar-refractivity contribution in [1.29, 1.82) is 0 Å². The number of phosphoric ester groups is 1. The number of phosphoric acid groups is 1. The number of H-pyrrole nitrogens is 2. The van der Waals surface area contributed by atoms with Gasteiger partial charge in [0, 0.05) is 47.7 Å². The normalized spacial score (nSPS) is 22.9. The number of hydrogen-bond acceptors (Lipinski definition) is 12. The van der Waals surface area contributed by atoms with Gasteiger partial charge in [-0.05, 0) is 37.3 Å². The Kier molecular flexibility index (Phi) is 17.2. The van der Waals surface area contributed by atoms with Crippen molar-refractivity contribution in [3.8, 4) is 0 Å². The second-order valence-electron chi connectivity index (χ2n) is 14.5. The Morgan fingerprint density at radius 1 is 0.950 bits per heavy atom.